The zero-order chi connectivity index (χ0) is 12.5. The van der Waals surface area contributed by atoms with Crippen LogP contribution in [0.1, 0.15) is 15.9 Å². The maximum absolute atomic E-state index is 11.7. The number of benzene rings is 1. The summed E-state index contributed by atoms with van der Waals surface area (Å²) in [6.07, 6.45) is 3.12. The first kappa shape index (κ1) is 10.5. The Morgan fingerprint density at radius 2 is 1.78 bits per heavy atom. The molecule has 2 aromatic rings. The molecule has 4 nitrogen and oxygen atoms in total. The molecule has 0 amide bonds. The lowest BCUT2D eigenvalue weighted by Gasteiger charge is -2.10. The number of hydrogen-bond donors (Lipinski definition) is 1. The smallest absolute Gasteiger partial charge is 0.283 e. The molecule has 0 spiro atoms. The van der Waals surface area contributed by atoms with Crippen molar-refractivity contribution in [1.82, 2.24) is 0 Å². The molecule has 1 N–H and O–H groups in total. The van der Waals surface area contributed by atoms with Crippen molar-refractivity contribution >= 4 is 17.4 Å². The van der Waals surface area contributed by atoms with Crippen molar-refractivity contribution in [2.75, 3.05) is 0 Å². The number of rotatable bonds is 1. The van der Waals surface area contributed by atoms with Crippen molar-refractivity contribution in [2.45, 2.75) is 0 Å². The number of ketones is 1. The molecule has 0 fully saturated rings. The van der Waals surface area contributed by atoms with E-state index in [1.165, 1.54) is 12.1 Å². The molecule has 0 bridgehead atoms. The fraction of sp³-hybridized carbons (Fsp3) is 0. The third-order valence-corrected chi connectivity index (χ3v) is 2.67. The summed E-state index contributed by atoms with van der Waals surface area (Å²) in [5.74, 6) is 0.0849. The van der Waals surface area contributed by atoms with E-state index >= 15 is 0 Å². The summed E-state index contributed by atoms with van der Waals surface area (Å²) in [7, 11) is 0. The van der Waals surface area contributed by atoms with Gasteiger partial charge >= 0.3 is 0 Å². The Morgan fingerprint density at radius 1 is 1.00 bits per heavy atom. The van der Waals surface area contributed by atoms with Crippen LogP contribution < -0.4 is 0 Å². The molecule has 1 heterocycles. The topological polar surface area (TPSA) is 62.8 Å². The Morgan fingerprint density at radius 3 is 2.50 bits per heavy atom. The van der Waals surface area contributed by atoms with Crippen LogP contribution in [0.15, 0.2) is 58.0 Å². The third-order valence-electron chi connectivity index (χ3n) is 2.67. The summed E-state index contributed by atoms with van der Waals surface area (Å²) in [6, 6.07) is 10.2. The molecule has 1 aliphatic rings. The Balaban J connectivity index is 2.11. The van der Waals surface area contributed by atoms with E-state index in [1.807, 2.05) is 18.2 Å². The fourth-order valence-corrected chi connectivity index (χ4v) is 1.85. The van der Waals surface area contributed by atoms with Gasteiger partial charge in [-0.1, -0.05) is 24.3 Å². The first-order valence-corrected chi connectivity index (χ1v) is 5.43. The summed E-state index contributed by atoms with van der Waals surface area (Å²) in [5, 5.41) is 9.11. The molecule has 3 rings (SSSR count). The number of aromatic hydroxyl groups is 1. The van der Waals surface area contributed by atoms with Crippen LogP contribution in [-0.4, -0.2) is 16.6 Å². The molecule has 0 atom stereocenters. The van der Waals surface area contributed by atoms with Gasteiger partial charge in [-0.05, 0) is 12.2 Å². The van der Waals surface area contributed by atoms with E-state index in [0.29, 0.717) is 17.2 Å². The minimum atomic E-state index is -0.182. The van der Waals surface area contributed by atoms with Gasteiger partial charge in [-0.2, -0.15) is 0 Å². The quantitative estimate of drug-likeness (QED) is 0.832. The van der Waals surface area contributed by atoms with Gasteiger partial charge in [0, 0.05) is 23.3 Å². The molecule has 1 aromatic heterocycles. The number of carbonyl (C=O) groups excluding carboxylic acids is 1. The zero-order valence-corrected chi connectivity index (χ0v) is 9.33. The van der Waals surface area contributed by atoms with Crippen LogP contribution in [0, 0.1) is 0 Å². The molecule has 0 radical (unpaired) electrons. The van der Waals surface area contributed by atoms with E-state index in [0.717, 1.165) is 5.56 Å². The van der Waals surface area contributed by atoms with E-state index in [9.17, 15) is 4.79 Å². The summed E-state index contributed by atoms with van der Waals surface area (Å²) < 4.78 is 4.98. The largest absolute Gasteiger partial charge is 0.481 e. The van der Waals surface area contributed by atoms with Crippen molar-refractivity contribution in [2.24, 2.45) is 4.99 Å². The van der Waals surface area contributed by atoms with Gasteiger partial charge in [0.15, 0.2) is 5.78 Å². The number of nitrogens with zero attached hydrogens (tertiary/aromatic N) is 1. The SMILES string of the molecule is O=C1C=C/C(=N/c2ccc(O)o2)c2ccccc21. The highest BCUT2D eigenvalue weighted by atomic mass is 16.5. The number of fused-ring (bicyclic) bond motifs is 1. The molecule has 88 valence electrons. The first-order valence-electron chi connectivity index (χ1n) is 5.43. The predicted molar refractivity (Wildman–Crippen MR) is 66.5 cm³/mol. The molecular formula is C14H9NO3. The summed E-state index contributed by atoms with van der Waals surface area (Å²) in [5.41, 5.74) is 2.02. The minimum Gasteiger partial charge on any atom is -0.481 e. The van der Waals surface area contributed by atoms with Crippen LogP contribution in [0.5, 0.6) is 5.95 Å². The highest BCUT2D eigenvalue weighted by Crippen LogP contribution is 2.24. The van der Waals surface area contributed by atoms with Gasteiger partial charge in [-0.25, -0.2) is 4.99 Å². The lowest BCUT2D eigenvalue weighted by molar-refractivity contribution is 0.104. The monoisotopic (exact) mass is 239 g/mol. The van der Waals surface area contributed by atoms with E-state index in [-0.39, 0.29) is 11.7 Å². The number of carbonyl (C=O) groups is 1. The number of allylic oxidation sites excluding steroid dienone is 2. The Labute approximate surface area is 103 Å². The Hall–Kier alpha value is -2.62. The van der Waals surface area contributed by atoms with Gasteiger partial charge in [-0.15, -0.1) is 0 Å². The molecule has 1 aromatic carbocycles. The van der Waals surface area contributed by atoms with Gasteiger partial charge in [0.05, 0.1) is 5.71 Å². The van der Waals surface area contributed by atoms with Crippen LogP contribution >= 0.6 is 0 Å². The predicted octanol–water partition coefficient (Wildman–Crippen LogP) is 2.86. The second-order valence-electron chi connectivity index (χ2n) is 3.85. The third kappa shape index (κ3) is 1.73. The van der Waals surface area contributed by atoms with E-state index in [1.54, 1.807) is 18.2 Å². The average Bonchev–Trinajstić information content (AvgIpc) is 2.79. The van der Waals surface area contributed by atoms with Gasteiger partial charge < -0.3 is 9.52 Å². The maximum atomic E-state index is 11.7. The highest BCUT2D eigenvalue weighted by molar-refractivity contribution is 6.24. The molecule has 0 saturated carbocycles. The van der Waals surface area contributed by atoms with Crippen molar-refractivity contribution in [3.63, 3.8) is 0 Å². The van der Waals surface area contributed by atoms with Crippen molar-refractivity contribution in [1.29, 1.82) is 0 Å². The zero-order valence-electron chi connectivity index (χ0n) is 9.33. The molecule has 0 aliphatic heterocycles. The molecule has 4 heteroatoms. The van der Waals surface area contributed by atoms with Gasteiger partial charge in [0.1, 0.15) is 0 Å². The standard InChI is InChI=1S/C14H9NO3/c16-12-6-5-11(9-3-1-2-4-10(9)12)15-13-7-8-14(17)18-13/h1-8,17H/b15-11-. The van der Waals surface area contributed by atoms with Crippen LogP contribution in [0.25, 0.3) is 0 Å². The molecule has 18 heavy (non-hydrogen) atoms. The number of furan rings is 1. The van der Waals surface area contributed by atoms with E-state index in [2.05, 4.69) is 4.99 Å². The van der Waals surface area contributed by atoms with Crippen LogP contribution in [0.2, 0.25) is 0 Å². The fourth-order valence-electron chi connectivity index (χ4n) is 1.85. The maximum Gasteiger partial charge on any atom is 0.283 e. The number of hydrogen-bond acceptors (Lipinski definition) is 4. The summed E-state index contributed by atoms with van der Waals surface area (Å²) >= 11 is 0. The molecule has 1 aliphatic carbocycles. The van der Waals surface area contributed by atoms with E-state index in [4.69, 9.17) is 9.52 Å². The Bertz CT molecular complexity index is 680. The molecular weight excluding hydrogens is 230 g/mol. The van der Waals surface area contributed by atoms with Crippen LogP contribution in [0.4, 0.5) is 5.88 Å². The van der Waals surface area contributed by atoms with E-state index < -0.39 is 0 Å². The summed E-state index contributed by atoms with van der Waals surface area (Å²) in [6.45, 7) is 0. The lowest BCUT2D eigenvalue weighted by Crippen LogP contribution is -2.11. The van der Waals surface area contributed by atoms with Gasteiger partial charge in [0.2, 0.25) is 5.88 Å². The minimum absolute atomic E-state index is 0.0353. The van der Waals surface area contributed by atoms with Gasteiger partial charge in [-0.3, -0.25) is 4.79 Å². The lowest BCUT2D eigenvalue weighted by atomic mass is 9.94. The normalized spacial score (nSPS) is 16.0. The first-order chi connectivity index (χ1) is 8.74. The molecule has 0 saturated heterocycles. The second-order valence-corrected chi connectivity index (χ2v) is 3.85. The average molecular weight is 239 g/mol. The van der Waals surface area contributed by atoms with Crippen LogP contribution in [0.3, 0.4) is 0 Å². The second kappa shape index (κ2) is 4.00. The van der Waals surface area contributed by atoms with Crippen molar-refractivity contribution in [3.05, 3.63) is 59.7 Å². The van der Waals surface area contributed by atoms with Crippen LogP contribution in [-0.2, 0) is 0 Å². The van der Waals surface area contributed by atoms with Crippen molar-refractivity contribution < 1.29 is 14.3 Å². The highest BCUT2D eigenvalue weighted by Gasteiger charge is 2.16. The van der Waals surface area contributed by atoms with Gasteiger partial charge in [0.25, 0.3) is 5.95 Å². The summed E-state index contributed by atoms with van der Waals surface area (Å²) in [4.78, 5) is 15.9. The Kier molecular flexibility index (Phi) is 2.34. The molecule has 0 unspecified atom stereocenters. The number of aliphatic imine (C=N–C) groups is 1. The van der Waals surface area contributed by atoms with Crippen molar-refractivity contribution in [3.8, 4) is 5.95 Å².